The molecule has 7 heteroatoms. The minimum absolute atomic E-state index is 0.103. The van der Waals surface area contributed by atoms with Crippen LogP contribution in [0.1, 0.15) is 79.8 Å². The lowest BCUT2D eigenvalue weighted by molar-refractivity contribution is -0.136. The Balaban J connectivity index is 1.25. The Morgan fingerprint density at radius 1 is 1.12 bits per heavy atom. The first-order valence-electron chi connectivity index (χ1n) is 12.6. The quantitative estimate of drug-likeness (QED) is 0.647. The van der Waals surface area contributed by atoms with E-state index in [4.69, 9.17) is 4.74 Å². The van der Waals surface area contributed by atoms with Crippen molar-refractivity contribution in [1.82, 2.24) is 15.5 Å². The van der Waals surface area contributed by atoms with Crippen molar-refractivity contribution < 1.29 is 19.1 Å². The summed E-state index contributed by atoms with van der Waals surface area (Å²) in [5.41, 5.74) is 2.94. The van der Waals surface area contributed by atoms with Crippen LogP contribution in [0.15, 0.2) is 18.2 Å². The van der Waals surface area contributed by atoms with Crippen molar-refractivity contribution >= 4 is 17.7 Å². The summed E-state index contributed by atoms with van der Waals surface area (Å²) in [6.45, 7) is 3.58. The van der Waals surface area contributed by atoms with E-state index in [2.05, 4.69) is 29.7 Å². The van der Waals surface area contributed by atoms with Gasteiger partial charge in [0, 0.05) is 37.2 Å². The van der Waals surface area contributed by atoms with Gasteiger partial charge in [0.25, 0.3) is 5.91 Å². The highest BCUT2D eigenvalue weighted by Gasteiger charge is 2.39. The van der Waals surface area contributed by atoms with Crippen molar-refractivity contribution in [3.05, 3.63) is 34.9 Å². The average Bonchev–Trinajstić information content (AvgIpc) is 3.44. The molecule has 1 aliphatic carbocycles. The van der Waals surface area contributed by atoms with Crippen LogP contribution >= 0.6 is 0 Å². The molecular formula is C26H35N3O4. The number of imide groups is 1. The molecule has 3 aliphatic heterocycles. The number of benzene rings is 1. The minimum atomic E-state index is -0.558. The van der Waals surface area contributed by atoms with Gasteiger partial charge < -0.3 is 15.0 Å². The van der Waals surface area contributed by atoms with E-state index in [-0.39, 0.29) is 24.1 Å². The van der Waals surface area contributed by atoms with Gasteiger partial charge in [-0.1, -0.05) is 25.0 Å². The number of rotatable bonds is 6. The fourth-order valence-corrected chi connectivity index (χ4v) is 6.17. The van der Waals surface area contributed by atoms with E-state index in [1.807, 2.05) is 6.07 Å². The van der Waals surface area contributed by atoms with Gasteiger partial charge in [-0.15, -0.1) is 0 Å². The Bertz CT molecular complexity index is 926. The molecule has 2 N–H and O–H groups in total. The summed E-state index contributed by atoms with van der Waals surface area (Å²) in [5, 5.41) is 6.26. The van der Waals surface area contributed by atoms with Crippen molar-refractivity contribution in [1.29, 1.82) is 0 Å². The van der Waals surface area contributed by atoms with Crippen molar-refractivity contribution in [2.75, 3.05) is 6.61 Å². The lowest BCUT2D eigenvalue weighted by Gasteiger charge is -2.36. The van der Waals surface area contributed by atoms with E-state index in [9.17, 15) is 14.4 Å². The van der Waals surface area contributed by atoms with E-state index < -0.39 is 6.04 Å². The molecule has 2 saturated heterocycles. The Labute approximate surface area is 195 Å². The highest BCUT2D eigenvalue weighted by molar-refractivity contribution is 6.05. The van der Waals surface area contributed by atoms with E-state index in [1.54, 1.807) is 4.90 Å². The van der Waals surface area contributed by atoms with Gasteiger partial charge in [0.05, 0.1) is 6.10 Å². The van der Waals surface area contributed by atoms with E-state index in [0.29, 0.717) is 42.6 Å². The first-order chi connectivity index (χ1) is 16.0. The standard InChI is InChI=1S/C26H35N3O4/c1-16(23-7-4-12-33-23)27-21-6-3-2-5-18(21)13-17-8-9-20-19(14-17)15-29(26(20)32)22-10-11-24(30)28-25(22)31/h8-9,14,16,18,21-23,27H,2-7,10-13,15H2,1H3,(H,28,30,31)/t16-,18-,21+,22?,23+/m1/s1. The second-order valence-corrected chi connectivity index (χ2v) is 10.3. The molecular weight excluding hydrogens is 418 g/mol. The van der Waals surface area contributed by atoms with Crippen LogP contribution in [0.2, 0.25) is 0 Å². The second-order valence-electron chi connectivity index (χ2n) is 10.3. The maximum absolute atomic E-state index is 13.0. The van der Waals surface area contributed by atoms with Gasteiger partial charge in [-0.2, -0.15) is 0 Å². The second kappa shape index (κ2) is 9.55. The number of hydrogen-bond acceptors (Lipinski definition) is 5. The third kappa shape index (κ3) is 4.71. The maximum atomic E-state index is 13.0. The monoisotopic (exact) mass is 453 g/mol. The molecule has 3 fully saturated rings. The van der Waals surface area contributed by atoms with Crippen LogP contribution in [-0.4, -0.2) is 53.5 Å². The van der Waals surface area contributed by atoms with Crippen molar-refractivity contribution in [3.63, 3.8) is 0 Å². The Kier molecular flexibility index (Phi) is 6.52. The third-order valence-corrected chi connectivity index (χ3v) is 7.99. The largest absolute Gasteiger partial charge is 0.377 e. The molecule has 7 nitrogen and oxygen atoms in total. The summed E-state index contributed by atoms with van der Waals surface area (Å²) >= 11 is 0. The minimum Gasteiger partial charge on any atom is -0.377 e. The van der Waals surface area contributed by atoms with Crippen molar-refractivity contribution in [2.24, 2.45) is 5.92 Å². The van der Waals surface area contributed by atoms with Gasteiger partial charge in [0.2, 0.25) is 11.8 Å². The number of piperidine rings is 1. The van der Waals surface area contributed by atoms with E-state index in [0.717, 1.165) is 31.4 Å². The third-order valence-electron chi connectivity index (χ3n) is 7.99. The van der Waals surface area contributed by atoms with Crippen LogP contribution in [0, 0.1) is 5.92 Å². The first kappa shape index (κ1) is 22.5. The van der Waals surface area contributed by atoms with Crippen LogP contribution in [0.25, 0.3) is 0 Å². The molecule has 1 saturated carbocycles. The Hall–Kier alpha value is -2.25. The summed E-state index contributed by atoms with van der Waals surface area (Å²) in [6, 6.07) is 6.48. The normalized spacial score (nSPS) is 30.9. The number of nitrogens with zero attached hydrogens (tertiary/aromatic N) is 1. The molecule has 33 heavy (non-hydrogen) atoms. The summed E-state index contributed by atoms with van der Waals surface area (Å²) in [5.74, 6) is -0.145. The van der Waals surface area contributed by atoms with E-state index >= 15 is 0 Å². The van der Waals surface area contributed by atoms with Crippen LogP contribution in [0.4, 0.5) is 0 Å². The molecule has 5 rings (SSSR count). The predicted octanol–water partition coefficient (Wildman–Crippen LogP) is 2.71. The topological polar surface area (TPSA) is 87.7 Å². The summed E-state index contributed by atoms with van der Waals surface area (Å²) < 4.78 is 5.90. The number of carbonyl (C=O) groups excluding carboxylic acids is 3. The Morgan fingerprint density at radius 2 is 1.97 bits per heavy atom. The fourth-order valence-electron chi connectivity index (χ4n) is 6.17. The number of hydrogen-bond donors (Lipinski definition) is 2. The number of fused-ring (bicyclic) bond motifs is 1. The number of amides is 3. The number of nitrogens with one attached hydrogen (secondary N) is 2. The fraction of sp³-hybridized carbons (Fsp3) is 0.654. The van der Waals surface area contributed by atoms with Gasteiger partial charge >= 0.3 is 0 Å². The molecule has 3 heterocycles. The number of carbonyl (C=O) groups is 3. The zero-order valence-electron chi connectivity index (χ0n) is 19.5. The SMILES string of the molecule is C[C@@H](N[C@H]1CCCC[C@@H]1Cc1ccc2c(c1)CN(C1CCC(=O)NC1=O)C2=O)[C@@H]1CCCO1. The predicted molar refractivity (Wildman–Crippen MR) is 124 cm³/mol. The van der Waals surface area contributed by atoms with Crippen LogP contribution < -0.4 is 10.6 Å². The van der Waals surface area contributed by atoms with Gasteiger partial charge in [-0.3, -0.25) is 19.7 Å². The zero-order valence-corrected chi connectivity index (χ0v) is 19.5. The van der Waals surface area contributed by atoms with Gasteiger partial charge in [0.15, 0.2) is 0 Å². The lowest BCUT2D eigenvalue weighted by Crippen LogP contribution is -2.52. The molecule has 1 aromatic carbocycles. The van der Waals surface area contributed by atoms with Crippen LogP contribution in [0.5, 0.6) is 0 Å². The first-order valence-corrected chi connectivity index (χ1v) is 12.6. The smallest absolute Gasteiger partial charge is 0.255 e. The molecule has 1 aromatic rings. The molecule has 5 atom stereocenters. The van der Waals surface area contributed by atoms with Crippen LogP contribution in [-0.2, 0) is 27.3 Å². The zero-order chi connectivity index (χ0) is 22.9. The lowest BCUT2D eigenvalue weighted by atomic mass is 9.80. The molecule has 178 valence electrons. The molecule has 0 bridgehead atoms. The summed E-state index contributed by atoms with van der Waals surface area (Å²) in [7, 11) is 0. The Morgan fingerprint density at radius 3 is 2.76 bits per heavy atom. The molecule has 1 unspecified atom stereocenters. The van der Waals surface area contributed by atoms with E-state index in [1.165, 1.54) is 31.2 Å². The maximum Gasteiger partial charge on any atom is 0.255 e. The molecule has 0 radical (unpaired) electrons. The molecule has 0 aromatic heterocycles. The molecule has 3 amide bonds. The summed E-state index contributed by atoms with van der Waals surface area (Å²) in [6.07, 6.45) is 9.27. The highest BCUT2D eigenvalue weighted by atomic mass is 16.5. The molecule has 4 aliphatic rings. The van der Waals surface area contributed by atoms with Crippen molar-refractivity contribution in [3.8, 4) is 0 Å². The summed E-state index contributed by atoms with van der Waals surface area (Å²) in [4.78, 5) is 38.4. The number of ether oxygens (including phenoxy) is 1. The van der Waals surface area contributed by atoms with Gasteiger partial charge in [-0.25, -0.2) is 0 Å². The van der Waals surface area contributed by atoms with Crippen molar-refractivity contribution in [2.45, 2.75) is 95.5 Å². The van der Waals surface area contributed by atoms with Gasteiger partial charge in [0.1, 0.15) is 6.04 Å². The van der Waals surface area contributed by atoms with Crippen LogP contribution in [0.3, 0.4) is 0 Å². The van der Waals surface area contributed by atoms with Gasteiger partial charge in [-0.05, 0) is 68.6 Å². The molecule has 0 spiro atoms. The average molecular weight is 454 g/mol. The highest BCUT2D eigenvalue weighted by Crippen LogP contribution is 2.32.